The van der Waals surface area contributed by atoms with Crippen LogP contribution in [0.5, 0.6) is 0 Å². The van der Waals surface area contributed by atoms with Gasteiger partial charge in [-0.3, -0.25) is 5.32 Å². The summed E-state index contributed by atoms with van der Waals surface area (Å²) >= 11 is 1.62. The first kappa shape index (κ1) is 11.3. The molecule has 0 spiro atoms. The van der Waals surface area contributed by atoms with Crippen LogP contribution in [0.3, 0.4) is 0 Å². The average Bonchev–Trinajstić information content (AvgIpc) is 2.77. The van der Waals surface area contributed by atoms with Gasteiger partial charge in [0.25, 0.3) is 0 Å². The summed E-state index contributed by atoms with van der Waals surface area (Å²) in [5.41, 5.74) is 2.77. The van der Waals surface area contributed by atoms with E-state index in [9.17, 15) is 0 Å². The van der Waals surface area contributed by atoms with Crippen molar-refractivity contribution >= 4 is 23.4 Å². The topological polar surface area (TPSA) is 61.1 Å². The maximum absolute atomic E-state index is 8.32. The number of aryl methyl sites for hydroxylation is 1. The fraction of sp³-hybridized carbons (Fsp3) is 0.0833. The minimum absolute atomic E-state index is 0.788. The highest BCUT2D eigenvalue weighted by Gasteiger charge is 2.02. The lowest BCUT2D eigenvalue weighted by atomic mass is 10.1. The van der Waals surface area contributed by atoms with Crippen molar-refractivity contribution in [1.29, 1.82) is 5.26 Å². The third-order valence-electron chi connectivity index (χ3n) is 2.10. The fourth-order valence-electron chi connectivity index (χ4n) is 1.38. The number of thiazole rings is 1. The molecule has 0 saturated heterocycles. The Kier molecular flexibility index (Phi) is 3.48. The van der Waals surface area contributed by atoms with Crippen molar-refractivity contribution in [2.24, 2.45) is 4.99 Å². The Labute approximate surface area is 103 Å². The van der Waals surface area contributed by atoms with Crippen LogP contribution in [0.2, 0.25) is 0 Å². The molecule has 0 radical (unpaired) electrons. The highest BCUT2D eigenvalue weighted by atomic mass is 32.1. The SMILES string of the molecule is Cc1nc(-c2cccc(/N=C/NC#N)c2)cs1. The predicted octanol–water partition coefficient (Wildman–Crippen LogP) is 2.85. The van der Waals surface area contributed by atoms with E-state index in [1.807, 2.05) is 36.6 Å². The van der Waals surface area contributed by atoms with E-state index in [-0.39, 0.29) is 0 Å². The molecule has 1 aromatic carbocycles. The van der Waals surface area contributed by atoms with Crippen LogP contribution in [0.25, 0.3) is 11.3 Å². The zero-order valence-corrected chi connectivity index (χ0v) is 10.0. The number of hydrogen-bond acceptors (Lipinski definition) is 4. The maximum Gasteiger partial charge on any atom is 0.182 e. The van der Waals surface area contributed by atoms with Crippen LogP contribution in [-0.2, 0) is 0 Å². The minimum atomic E-state index is 0.788. The first-order valence-electron chi connectivity index (χ1n) is 4.99. The number of aromatic nitrogens is 1. The first-order valence-corrected chi connectivity index (χ1v) is 5.87. The van der Waals surface area contributed by atoms with Gasteiger partial charge in [0.2, 0.25) is 0 Å². The Morgan fingerprint density at radius 3 is 3.12 bits per heavy atom. The van der Waals surface area contributed by atoms with E-state index < -0.39 is 0 Å². The van der Waals surface area contributed by atoms with Crippen LogP contribution in [0.1, 0.15) is 5.01 Å². The number of rotatable bonds is 3. The Balaban J connectivity index is 2.26. The molecule has 0 saturated carbocycles. The quantitative estimate of drug-likeness (QED) is 0.389. The summed E-state index contributed by atoms with van der Waals surface area (Å²) in [6, 6.07) is 7.72. The Bertz CT molecular complexity index is 580. The molecule has 0 aliphatic rings. The molecule has 2 rings (SSSR count). The normalized spacial score (nSPS) is 10.4. The van der Waals surface area contributed by atoms with Crippen LogP contribution in [0.15, 0.2) is 34.6 Å². The molecule has 0 fully saturated rings. The summed E-state index contributed by atoms with van der Waals surface area (Å²) in [6.45, 7) is 1.98. The molecule has 1 heterocycles. The Morgan fingerprint density at radius 1 is 1.53 bits per heavy atom. The molecule has 0 aliphatic carbocycles. The summed E-state index contributed by atoms with van der Waals surface area (Å²) < 4.78 is 0. The van der Waals surface area contributed by atoms with Gasteiger partial charge in [-0.05, 0) is 19.1 Å². The number of hydrogen-bond donors (Lipinski definition) is 1. The summed E-state index contributed by atoms with van der Waals surface area (Å²) in [7, 11) is 0. The van der Waals surface area contributed by atoms with E-state index in [0.29, 0.717) is 0 Å². The van der Waals surface area contributed by atoms with E-state index in [1.54, 1.807) is 17.5 Å². The monoisotopic (exact) mass is 242 g/mol. The van der Waals surface area contributed by atoms with Crippen molar-refractivity contribution in [3.8, 4) is 17.5 Å². The van der Waals surface area contributed by atoms with Gasteiger partial charge in [-0.2, -0.15) is 5.26 Å². The summed E-state index contributed by atoms with van der Waals surface area (Å²) in [5.74, 6) is 0. The van der Waals surface area contributed by atoms with Gasteiger partial charge in [-0.25, -0.2) is 9.98 Å². The third kappa shape index (κ3) is 2.89. The molecule has 0 atom stereocenters. The average molecular weight is 242 g/mol. The third-order valence-corrected chi connectivity index (χ3v) is 2.88. The molecule has 5 heteroatoms. The van der Waals surface area contributed by atoms with Gasteiger partial charge in [0.05, 0.1) is 16.4 Å². The zero-order valence-electron chi connectivity index (χ0n) is 9.21. The second-order valence-electron chi connectivity index (χ2n) is 3.32. The van der Waals surface area contributed by atoms with E-state index >= 15 is 0 Å². The largest absolute Gasteiger partial charge is 0.283 e. The van der Waals surface area contributed by atoms with Crippen molar-refractivity contribution < 1.29 is 0 Å². The molecule has 1 N–H and O–H groups in total. The van der Waals surface area contributed by atoms with Gasteiger partial charge < -0.3 is 0 Å². The van der Waals surface area contributed by atoms with E-state index in [0.717, 1.165) is 22.0 Å². The number of nitrogens with one attached hydrogen (secondary N) is 1. The summed E-state index contributed by atoms with van der Waals surface area (Å²) in [5, 5.41) is 13.7. The second-order valence-corrected chi connectivity index (χ2v) is 4.38. The standard InChI is InChI=1S/C12H10N4S/c1-9-16-12(6-17-9)10-3-2-4-11(5-10)15-8-14-7-13/h2-6,8H,1H3,(H,14,15). The van der Waals surface area contributed by atoms with Gasteiger partial charge in [0.15, 0.2) is 6.19 Å². The van der Waals surface area contributed by atoms with Gasteiger partial charge >= 0.3 is 0 Å². The highest BCUT2D eigenvalue weighted by molar-refractivity contribution is 7.09. The number of benzene rings is 1. The van der Waals surface area contributed by atoms with Crippen LogP contribution in [0.4, 0.5) is 5.69 Å². The highest BCUT2D eigenvalue weighted by Crippen LogP contribution is 2.24. The lowest BCUT2D eigenvalue weighted by Crippen LogP contribution is -1.98. The predicted molar refractivity (Wildman–Crippen MR) is 69.2 cm³/mol. The van der Waals surface area contributed by atoms with Crippen LogP contribution >= 0.6 is 11.3 Å². The molecule has 2 aromatic rings. The summed E-state index contributed by atoms with van der Waals surface area (Å²) in [6.07, 6.45) is 3.14. The zero-order chi connectivity index (χ0) is 12.1. The molecular weight excluding hydrogens is 232 g/mol. The van der Waals surface area contributed by atoms with Gasteiger partial charge in [-0.15, -0.1) is 11.3 Å². The lowest BCUT2D eigenvalue weighted by Gasteiger charge is -1.98. The van der Waals surface area contributed by atoms with Crippen LogP contribution in [-0.4, -0.2) is 11.3 Å². The van der Waals surface area contributed by atoms with Gasteiger partial charge in [0, 0.05) is 10.9 Å². The molecule has 1 aromatic heterocycles. The Hall–Kier alpha value is -2.19. The van der Waals surface area contributed by atoms with E-state index in [1.165, 1.54) is 6.34 Å². The maximum atomic E-state index is 8.32. The number of nitrogens with zero attached hydrogens (tertiary/aromatic N) is 3. The number of nitriles is 1. The molecule has 17 heavy (non-hydrogen) atoms. The molecule has 84 valence electrons. The van der Waals surface area contributed by atoms with Crippen molar-refractivity contribution in [2.75, 3.05) is 0 Å². The smallest absolute Gasteiger partial charge is 0.182 e. The molecule has 0 amide bonds. The lowest BCUT2D eigenvalue weighted by molar-refractivity contribution is 1.28. The number of aliphatic imine (C=N–C) groups is 1. The van der Waals surface area contributed by atoms with Crippen molar-refractivity contribution in [2.45, 2.75) is 6.92 Å². The second kappa shape index (κ2) is 5.23. The fourth-order valence-corrected chi connectivity index (χ4v) is 2.00. The molecule has 0 aliphatic heterocycles. The first-order chi connectivity index (χ1) is 8.29. The molecular formula is C12H10N4S. The van der Waals surface area contributed by atoms with Crippen molar-refractivity contribution in [1.82, 2.24) is 10.3 Å². The van der Waals surface area contributed by atoms with Crippen molar-refractivity contribution in [3.05, 3.63) is 34.7 Å². The minimum Gasteiger partial charge on any atom is -0.283 e. The molecule has 0 bridgehead atoms. The van der Waals surface area contributed by atoms with Crippen LogP contribution in [0, 0.1) is 18.4 Å². The van der Waals surface area contributed by atoms with Crippen molar-refractivity contribution in [3.63, 3.8) is 0 Å². The summed E-state index contributed by atoms with van der Waals surface area (Å²) in [4.78, 5) is 8.52. The molecule has 4 nitrogen and oxygen atoms in total. The van der Waals surface area contributed by atoms with Crippen LogP contribution < -0.4 is 5.32 Å². The van der Waals surface area contributed by atoms with Gasteiger partial charge in [0.1, 0.15) is 6.34 Å². The Morgan fingerprint density at radius 2 is 2.41 bits per heavy atom. The van der Waals surface area contributed by atoms with E-state index in [4.69, 9.17) is 5.26 Å². The molecule has 0 unspecified atom stereocenters. The van der Waals surface area contributed by atoms with Gasteiger partial charge in [-0.1, -0.05) is 12.1 Å². The van der Waals surface area contributed by atoms with E-state index in [2.05, 4.69) is 15.3 Å².